The van der Waals surface area contributed by atoms with Gasteiger partial charge in [-0.05, 0) is 71.1 Å². The third kappa shape index (κ3) is 4.72. The van der Waals surface area contributed by atoms with Crippen LogP contribution in [-0.2, 0) is 4.79 Å². The standard InChI is InChI=1S/C15H14INO2S/c1-19-13-6-8-14(9-7-13)20-10-15(18)17-12-4-2-11(16)3-5-12/h2-9H,10H2,1H3,(H,17,18). The van der Waals surface area contributed by atoms with E-state index in [0.29, 0.717) is 5.75 Å². The van der Waals surface area contributed by atoms with Gasteiger partial charge in [-0.15, -0.1) is 11.8 Å². The van der Waals surface area contributed by atoms with Crippen LogP contribution in [0.5, 0.6) is 5.75 Å². The Labute approximate surface area is 136 Å². The Bertz CT molecular complexity index is 569. The van der Waals surface area contributed by atoms with Gasteiger partial charge >= 0.3 is 0 Å². The Morgan fingerprint density at radius 1 is 1.15 bits per heavy atom. The lowest BCUT2D eigenvalue weighted by molar-refractivity contribution is -0.113. The van der Waals surface area contributed by atoms with Crippen LogP contribution in [0.2, 0.25) is 0 Å². The molecule has 104 valence electrons. The normalized spacial score (nSPS) is 10.1. The van der Waals surface area contributed by atoms with Gasteiger partial charge in [0.05, 0.1) is 12.9 Å². The van der Waals surface area contributed by atoms with Crippen LogP contribution in [0, 0.1) is 3.57 Å². The van der Waals surface area contributed by atoms with Gasteiger partial charge in [-0.2, -0.15) is 0 Å². The second kappa shape index (κ2) is 7.54. The van der Waals surface area contributed by atoms with Crippen LogP contribution in [0.3, 0.4) is 0 Å². The second-order valence-corrected chi connectivity index (χ2v) is 6.31. The molecule has 2 aromatic rings. The van der Waals surface area contributed by atoms with Gasteiger partial charge in [0.2, 0.25) is 5.91 Å². The minimum absolute atomic E-state index is 0.00738. The molecule has 0 heterocycles. The highest BCUT2D eigenvalue weighted by atomic mass is 127. The first kappa shape index (κ1) is 15.2. The summed E-state index contributed by atoms with van der Waals surface area (Å²) in [5.74, 6) is 1.20. The molecule has 3 nitrogen and oxygen atoms in total. The van der Waals surface area contributed by atoms with E-state index in [1.807, 2.05) is 48.5 Å². The first-order chi connectivity index (χ1) is 9.67. The van der Waals surface area contributed by atoms with Gasteiger partial charge in [0.25, 0.3) is 0 Å². The summed E-state index contributed by atoms with van der Waals surface area (Å²) in [7, 11) is 1.64. The lowest BCUT2D eigenvalue weighted by Gasteiger charge is -2.06. The molecule has 0 fully saturated rings. The number of hydrogen-bond acceptors (Lipinski definition) is 3. The molecule has 0 aliphatic rings. The first-order valence-corrected chi connectivity index (χ1v) is 8.06. The number of anilines is 1. The van der Waals surface area contributed by atoms with Crippen molar-refractivity contribution in [2.75, 3.05) is 18.2 Å². The smallest absolute Gasteiger partial charge is 0.234 e. The number of ether oxygens (including phenoxy) is 1. The Hall–Kier alpha value is -1.21. The Balaban J connectivity index is 1.83. The Kier molecular flexibility index (Phi) is 5.72. The number of carbonyl (C=O) groups is 1. The highest BCUT2D eigenvalue weighted by Crippen LogP contribution is 2.21. The van der Waals surface area contributed by atoms with Crippen molar-refractivity contribution in [1.29, 1.82) is 0 Å². The van der Waals surface area contributed by atoms with Crippen LogP contribution in [-0.4, -0.2) is 18.8 Å². The number of rotatable bonds is 5. The lowest BCUT2D eigenvalue weighted by atomic mass is 10.3. The van der Waals surface area contributed by atoms with E-state index in [-0.39, 0.29) is 5.91 Å². The van der Waals surface area contributed by atoms with Gasteiger partial charge in [0.15, 0.2) is 0 Å². The largest absolute Gasteiger partial charge is 0.497 e. The molecule has 0 aromatic heterocycles. The van der Waals surface area contributed by atoms with Crippen molar-refractivity contribution in [3.63, 3.8) is 0 Å². The molecular weight excluding hydrogens is 385 g/mol. The van der Waals surface area contributed by atoms with Crippen LogP contribution in [0.15, 0.2) is 53.4 Å². The second-order valence-electron chi connectivity index (χ2n) is 4.02. The van der Waals surface area contributed by atoms with E-state index in [1.165, 1.54) is 11.8 Å². The average Bonchev–Trinajstić information content (AvgIpc) is 2.48. The highest BCUT2D eigenvalue weighted by Gasteiger charge is 2.04. The molecule has 2 rings (SSSR count). The number of amides is 1. The molecule has 1 N–H and O–H groups in total. The predicted octanol–water partition coefficient (Wildman–Crippen LogP) is 4.03. The fourth-order valence-corrected chi connectivity index (χ4v) is 2.61. The molecule has 0 bridgehead atoms. The molecule has 0 atom stereocenters. The van der Waals surface area contributed by atoms with Crippen LogP contribution >= 0.6 is 34.4 Å². The van der Waals surface area contributed by atoms with Gasteiger partial charge in [-0.1, -0.05) is 0 Å². The number of benzene rings is 2. The molecule has 5 heteroatoms. The van der Waals surface area contributed by atoms with E-state index in [9.17, 15) is 4.79 Å². The molecule has 0 saturated heterocycles. The Morgan fingerprint density at radius 3 is 2.40 bits per heavy atom. The van der Waals surface area contributed by atoms with E-state index in [4.69, 9.17) is 4.74 Å². The predicted molar refractivity (Wildman–Crippen MR) is 91.5 cm³/mol. The van der Waals surface area contributed by atoms with E-state index in [1.54, 1.807) is 7.11 Å². The number of carbonyl (C=O) groups excluding carboxylic acids is 1. The SMILES string of the molecule is COc1ccc(SCC(=O)Nc2ccc(I)cc2)cc1. The van der Waals surface area contributed by atoms with Gasteiger partial charge in [-0.3, -0.25) is 4.79 Å². The molecule has 1 amide bonds. The average molecular weight is 399 g/mol. The van der Waals surface area contributed by atoms with Crippen LogP contribution in [0.4, 0.5) is 5.69 Å². The quantitative estimate of drug-likeness (QED) is 0.610. The fraction of sp³-hybridized carbons (Fsp3) is 0.133. The summed E-state index contributed by atoms with van der Waals surface area (Å²) in [6, 6.07) is 15.4. The van der Waals surface area contributed by atoms with E-state index in [0.717, 1.165) is 19.9 Å². The molecule has 0 aliphatic heterocycles. The molecule has 2 aromatic carbocycles. The summed E-state index contributed by atoms with van der Waals surface area (Å²) < 4.78 is 6.24. The number of nitrogens with one attached hydrogen (secondary N) is 1. The number of methoxy groups -OCH3 is 1. The van der Waals surface area contributed by atoms with E-state index in [2.05, 4.69) is 27.9 Å². The van der Waals surface area contributed by atoms with Crippen LogP contribution < -0.4 is 10.1 Å². The van der Waals surface area contributed by atoms with E-state index >= 15 is 0 Å². The van der Waals surface area contributed by atoms with Gasteiger partial charge in [0.1, 0.15) is 5.75 Å². The third-order valence-electron chi connectivity index (χ3n) is 2.56. The minimum Gasteiger partial charge on any atom is -0.497 e. The third-order valence-corrected chi connectivity index (χ3v) is 4.29. The van der Waals surface area contributed by atoms with Crippen molar-refractivity contribution in [1.82, 2.24) is 0 Å². The molecular formula is C15H14INO2S. The van der Waals surface area contributed by atoms with Gasteiger partial charge in [0, 0.05) is 14.2 Å². The molecule has 0 aliphatic carbocycles. The number of thioether (sulfide) groups is 1. The summed E-state index contributed by atoms with van der Waals surface area (Å²) >= 11 is 3.73. The number of hydrogen-bond donors (Lipinski definition) is 1. The summed E-state index contributed by atoms with van der Waals surface area (Å²) in [5, 5.41) is 2.87. The van der Waals surface area contributed by atoms with Gasteiger partial charge in [-0.25, -0.2) is 0 Å². The summed E-state index contributed by atoms with van der Waals surface area (Å²) in [4.78, 5) is 12.9. The molecule has 0 radical (unpaired) electrons. The highest BCUT2D eigenvalue weighted by molar-refractivity contribution is 14.1. The molecule has 0 saturated carbocycles. The maximum absolute atomic E-state index is 11.8. The lowest BCUT2D eigenvalue weighted by Crippen LogP contribution is -2.13. The minimum atomic E-state index is -0.00738. The van der Waals surface area contributed by atoms with Gasteiger partial charge < -0.3 is 10.1 Å². The van der Waals surface area contributed by atoms with Crippen molar-refractivity contribution in [2.45, 2.75) is 4.90 Å². The molecule has 0 unspecified atom stereocenters. The van der Waals surface area contributed by atoms with Crippen molar-refractivity contribution >= 4 is 45.9 Å². The summed E-state index contributed by atoms with van der Waals surface area (Å²) in [5.41, 5.74) is 0.825. The zero-order chi connectivity index (χ0) is 14.4. The monoisotopic (exact) mass is 399 g/mol. The fourth-order valence-electron chi connectivity index (χ4n) is 1.55. The first-order valence-electron chi connectivity index (χ1n) is 5.99. The van der Waals surface area contributed by atoms with Crippen molar-refractivity contribution in [3.8, 4) is 5.75 Å². The summed E-state index contributed by atoms with van der Waals surface area (Å²) in [6.45, 7) is 0. The zero-order valence-corrected chi connectivity index (χ0v) is 13.9. The maximum atomic E-state index is 11.8. The molecule has 20 heavy (non-hydrogen) atoms. The van der Waals surface area contributed by atoms with Crippen molar-refractivity contribution in [2.24, 2.45) is 0 Å². The Morgan fingerprint density at radius 2 is 1.80 bits per heavy atom. The van der Waals surface area contributed by atoms with Crippen molar-refractivity contribution in [3.05, 3.63) is 52.1 Å². The zero-order valence-electron chi connectivity index (χ0n) is 10.9. The van der Waals surface area contributed by atoms with Crippen LogP contribution in [0.25, 0.3) is 0 Å². The molecule has 0 spiro atoms. The van der Waals surface area contributed by atoms with Crippen LogP contribution in [0.1, 0.15) is 0 Å². The summed E-state index contributed by atoms with van der Waals surface area (Å²) in [6.07, 6.45) is 0. The van der Waals surface area contributed by atoms with Crippen molar-refractivity contribution < 1.29 is 9.53 Å². The maximum Gasteiger partial charge on any atom is 0.234 e. The topological polar surface area (TPSA) is 38.3 Å². The van der Waals surface area contributed by atoms with E-state index < -0.39 is 0 Å². The number of halogens is 1.